The maximum absolute atomic E-state index is 12.4. The van der Waals surface area contributed by atoms with Crippen LogP contribution in [-0.2, 0) is 21.3 Å². The zero-order valence-electron chi connectivity index (χ0n) is 18.1. The topological polar surface area (TPSA) is 86.3 Å². The van der Waals surface area contributed by atoms with Gasteiger partial charge >= 0.3 is 0 Å². The molecular weight excluding hydrogens is 402 g/mol. The largest absolute Gasteiger partial charge is 0.383 e. The second kappa shape index (κ2) is 11.1. The van der Waals surface area contributed by atoms with Gasteiger partial charge in [-0.3, -0.25) is 4.90 Å². The Morgan fingerprint density at radius 3 is 2.80 bits per heavy atom. The fraction of sp³-hybridized carbons (Fsp3) is 0.667. The Morgan fingerprint density at radius 1 is 1.27 bits per heavy atom. The van der Waals surface area contributed by atoms with E-state index in [0.717, 1.165) is 31.2 Å². The van der Waals surface area contributed by atoms with Gasteiger partial charge in [0.05, 0.1) is 18.0 Å². The Balaban J connectivity index is 1.65. The van der Waals surface area contributed by atoms with Crippen LogP contribution < -0.4 is 10.0 Å². The molecule has 2 aliphatic rings. The van der Waals surface area contributed by atoms with Crippen molar-refractivity contribution in [1.82, 2.24) is 19.8 Å². The predicted octanol–water partition coefficient (Wildman–Crippen LogP) is 1.25. The number of nitrogens with zero attached hydrogens (tertiary/aromatic N) is 3. The minimum absolute atomic E-state index is 0.249. The zero-order valence-corrected chi connectivity index (χ0v) is 19.0. The molecule has 2 saturated heterocycles. The number of rotatable bonds is 9. The van der Waals surface area contributed by atoms with Crippen molar-refractivity contribution < 1.29 is 13.2 Å². The number of nitrogens with one attached hydrogen (secondary N) is 2. The fourth-order valence-electron chi connectivity index (χ4n) is 4.10. The molecule has 0 aromatic heterocycles. The Hall–Kier alpha value is -1.68. The lowest BCUT2D eigenvalue weighted by Crippen LogP contribution is -2.42. The van der Waals surface area contributed by atoms with Crippen LogP contribution >= 0.6 is 0 Å². The number of guanidine groups is 1. The molecule has 30 heavy (non-hydrogen) atoms. The van der Waals surface area contributed by atoms with Crippen molar-refractivity contribution in [2.24, 2.45) is 4.99 Å². The molecule has 1 atom stereocenters. The standard InChI is InChI=1S/C21H35N5O3S/c1-3-22-21(26-13-9-19(17-26)25-11-4-5-12-25)23-16-18-7-6-8-20(15-18)30(27,28)24-10-14-29-2/h6-8,15,19,24H,3-5,9-14,16-17H2,1-2H3,(H,22,23). The molecule has 0 amide bonds. The maximum atomic E-state index is 12.4. The van der Waals surface area contributed by atoms with E-state index in [2.05, 4.69) is 26.8 Å². The Labute approximate surface area is 180 Å². The second-order valence-corrected chi connectivity index (χ2v) is 9.61. The maximum Gasteiger partial charge on any atom is 0.240 e. The van der Waals surface area contributed by atoms with Gasteiger partial charge in [0.1, 0.15) is 0 Å². The number of likely N-dealkylation sites (tertiary alicyclic amines) is 2. The molecule has 1 unspecified atom stereocenters. The van der Waals surface area contributed by atoms with Crippen molar-refractivity contribution in [3.8, 4) is 0 Å². The van der Waals surface area contributed by atoms with Gasteiger partial charge in [0.15, 0.2) is 5.96 Å². The summed E-state index contributed by atoms with van der Waals surface area (Å²) >= 11 is 0. The van der Waals surface area contributed by atoms with Crippen molar-refractivity contribution in [2.75, 3.05) is 53.0 Å². The first-order valence-corrected chi connectivity index (χ1v) is 12.4. The highest BCUT2D eigenvalue weighted by atomic mass is 32.2. The molecule has 2 heterocycles. The van der Waals surface area contributed by atoms with Crippen molar-refractivity contribution in [3.05, 3.63) is 29.8 Å². The summed E-state index contributed by atoms with van der Waals surface area (Å²) in [6, 6.07) is 7.59. The first-order valence-electron chi connectivity index (χ1n) is 10.9. The van der Waals surface area contributed by atoms with Crippen molar-refractivity contribution in [1.29, 1.82) is 0 Å². The minimum atomic E-state index is -3.55. The van der Waals surface area contributed by atoms with E-state index in [4.69, 9.17) is 9.73 Å². The predicted molar refractivity (Wildman–Crippen MR) is 119 cm³/mol. The van der Waals surface area contributed by atoms with E-state index in [1.165, 1.54) is 32.4 Å². The molecule has 2 aliphatic heterocycles. The minimum Gasteiger partial charge on any atom is -0.383 e. The molecule has 0 radical (unpaired) electrons. The van der Waals surface area contributed by atoms with Crippen LogP contribution in [0, 0.1) is 0 Å². The van der Waals surface area contributed by atoms with Gasteiger partial charge in [0.25, 0.3) is 0 Å². The van der Waals surface area contributed by atoms with Gasteiger partial charge in [-0.05, 0) is 57.0 Å². The van der Waals surface area contributed by atoms with Crippen LogP contribution in [0.1, 0.15) is 31.7 Å². The first kappa shape index (κ1) is 23.0. The summed E-state index contributed by atoms with van der Waals surface area (Å²) in [6.07, 6.45) is 3.79. The quantitative estimate of drug-likeness (QED) is 0.344. The number of sulfonamides is 1. The molecule has 2 N–H and O–H groups in total. The van der Waals surface area contributed by atoms with Crippen molar-refractivity contribution in [2.45, 2.75) is 43.7 Å². The van der Waals surface area contributed by atoms with Crippen LogP contribution in [0.3, 0.4) is 0 Å². The van der Waals surface area contributed by atoms with Gasteiger partial charge in [-0.15, -0.1) is 0 Å². The molecule has 2 fully saturated rings. The summed E-state index contributed by atoms with van der Waals surface area (Å²) in [5, 5.41) is 3.40. The van der Waals surface area contributed by atoms with Gasteiger partial charge in [-0.2, -0.15) is 0 Å². The van der Waals surface area contributed by atoms with Gasteiger partial charge in [0.2, 0.25) is 10.0 Å². The molecule has 168 valence electrons. The molecule has 0 saturated carbocycles. The average molecular weight is 438 g/mol. The third-order valence-corrected chi connectivity index (χ3v) is 7.13. The molecule has 1 aromatic carbocycles. The van der Waals surface area contributed by atoms with Crippen LogP contribution in [0.5, 0.6) is 0 Å². The lowest BCUT2D eigenvalue weighted by molar-refractivity contribution is 0.204. The van der Waals surface area contributed by atoms with Crippen LogP contribution in [-0.4, -0.2) is 83.2 Å². The smallest absolute Gasteiger partial charge is 0.240 e. The fourth-order valence-corrected chi connectivity index (χ4v) is 5.19. The van der Waals surface area contributed by atoms with E-state index in [9.17, 15) is 8.42 Å². The SMILES string of the molecule is CCNC(=NCc1cccc(S(=O)(=O)NCCOC)c1)N1CCC(N2CCCC2)C1. The molecular formula is C21H35N5O3S. The molecule has 0 aliphatic carbocycles. The molecule has 0 spiro atoms. The Kier molecular flexibility index (Phi) is 8.50. The summed E-state index contributed by atoms with van der Waals surface area (Å²) in [4.78, 5) is 10.00. The lowest BCUT2D eigenvalue weighted by Gasteiger charge is -2.25. The number of benzene rings is 1. The first-order chi connectivity index (χ1) is 14.5. The lowest BCUT2D eigenvalue weighted by atomic mass is 10.2. The Morgan fingerprint density at radius 2 is 2.07 bits per heavy atom. The van der Waals surface area contributed by atoms with Gasteiger partial charge in [0, 0.05) is 39.3 Å². The summed E-state index contributed by atoms with van der Waals surface area (Å²) in [7, 11) is -2.00. The average Bonchev–Trinajstić information content (AvgIpc) is 3.43. The third-order valence-electron chi connectivity index (χ3n) is 5.67. The van der Waals surface area contributed by atoms with Gasteiger partial charge in [-0.25, -0.2) is 18.1 Å². The summed E-state index contributed by atoms with van der Waals surface area (Å²) in [5.74, 6) is 0.908. The molecule has 8 nitrogen and oxygen atoms in total. The van der Waals surface area contributed by atoms with Crippen LogP contribution in [0.4, 0.5) is 0 Å². The molecule has 0 bridgehead atoms. The molecule has 9 heteroatoms. The van der Waals surface area contributed by atoms with E-state index in [1.54, 1.807) is 25.3 Å². The summed E-state index contributed by atoms with van der Waals surface area (Å²) in [6.45, 7) is 8.34. The number of methoxy groups -OCH3 is 1. The Bertz CT molecular complexity index is 809. The number of ether oxygens (including phenoxy) is 1. The normalized spacial score (nSPS) is 20.8. The monoisotopic (exact) mass is 437 g/mol. The van der Waals surface area contributed by atoms with Crippen LogP contribution in [0.25, 0.3) is 0 Å². The van der Waals surface area contributed by atoms with E-state index in [1.807, 2.05) is 6.07 Å². The molecule has 3 rings (SSSR count). The van der Waals surface area contributed by atoms with Crippen LogP contribution in [0.15, 0.2) is 34.2 Å². The van der Waals surface area contributed by atoms with Crippen molar-refractivity contribution in [3.63, 3.8) is 0 Å². The number of aliphatic imine (C=N–C) groups is 1. The van der Waals surface area contributed by atoms with Gasteiger partial charge in [-0.1, -0.05) is 12.1 Å². The molecule has 1 aromatic rings. The highest BCUT2D eigenvalue weighted by molar-refractivity contribution is 7.89. The summed E-state index contributed by atoms with van der Waals surface area (Å²) in [5.41, 5.74) is 0.871. The van der Waals surface area contributed by atoms with E-state index >= 15 is 0 Å². The van der Waals surface area contributed by atoms with E-state index < -0.39 is 10.0 Å². The van der Waals surface area contributed by atoms with Crippen molar-refractivity contribution >= 4 is 16.0 Å². The number of hydrogen-bond donors (Lipinski definition) is 2. The van der Waals surface area contributed by atoms with E-state index in [-0.39, 0.29) is 11.4 Å². The third kappa shape index (κ3) is 6.16. The van der Waals surface area contributed by atoms with E-state index in [0.29, 0.717) is 19.2 Å². The van der Waals surface area contributed by atoms with Gasteiger partial charge < -0.3 is 15.0 Å². The van der Waals surface area contributed by atoms with Crippen LogP contribution in [0.2, 0.25) is 0 Å². The highest BCUT2D eigenvalue weighted by Gasteiger charge is 2.30. The second-order valence-electron chi connectivity index (χ2n) is 7.84. The summed E-state index contributed by atoms with van der Waals surface area (Å²) < 4.78 is 32.4. The number of hydrogen-bond acceptors (Lipinski definition) is 5. The highest BCUT2D eigenvalue weighted by Crippen LogP contribution is 2.20. The zero-order chi connectivity index (χ0) is 21.4.